The molecular weight excluding hydrogens is 144 g/mol. The summed E-state index contributed by atoms with van der Waals surface area (Å²) in [5.41, 5.74) is 0. The molecule has 0 bridgehead atoms. The van der Waals surface area contributed by atoms with Gasteiger partial charge in [0.1, 0.15) is 6.10 Å². The smallest absolute Gasteiger partial charge is 0.183 e. The summed E-state index contributed by atoms with van der Waals surface area (Å²) < 4.78 is 10.3. The van der Waals surface area contributed by atoms with Crippen LogP contribution in [-0.2, 0) is 9.47 Å². The summed E-state index contributed by atoms with van der Waals surface area (Å²) in [7, 11) is 0. The fourth-order valence-corrected chi connectivity index (χ4v) is 1.06. The molecule has 11 heavy (non-hydrogen) atoms. The van der Waals surface area contributed by atoms with Gasteiger partial charge in [0.05, 0.1) is 6.61 Å². The summed E-state index contributed by atoms with van der Waals surface area (Å²) in [5, 5.41) is 9.31. The van der Waals surface area contributed by atoms with Crippen LogP contribution in [0.25, 0.3) is 0 Å². The molecule has 0 amide bonds. The van der Waals surface area contributed by atoms with Gasteiger partial charge in [0.15, 0.2) is 6.29 Å². The van der Waals surface area contributed by atoms with Crippen LogP contribution in [0.5, 0.6) is 0 Å². The molecule has 1 aliphatic heterocycles. The van der Waals surface area contributed by atoms with E-state index in [9.17, 15) is 5.11 Å². The molecule has 2 atom stereocenters. The summed E-state index contributed by atoms with van der Waals surface area (Å²) in [4.78, 5) is 0. The fraction of sp³-hybridized carbons (Fsp3) is 0.750. The largest absolute Gasteiger partial charge is 0.388 e. The van der Waals surface area contributed by atoms with E-state index in [4.69, 9.17) is 9.47 Å². The predicted octanol–water partition coefficient (Wildman–Crippen LogP) is 0.686. The third-order valence-corrected chi connectivity index (χ3v) is 1.62. The Morgan fingerprint density at radius 3 is 3.18 bits per heavy atom. The monoisotopic (exact) mass is 158 g/mol. The van der Waals surface area contributed by atoms with Crippen molar-refractivity contribution in [2.75, 3.05) is 13.2 Å². The molecule has 0 aromatic heterocycles. The van der Waals surface area contributed by atoms with Gasteiger partial charge >= 0.3 is 0 Å². The van der Waals surface area contributed by atoms with E-state index in [1.54, 1.807) is 6.08 Å². The maximum absolute atomic E-state index is 9.31. The molecule has 1 saturated heterocycles. The molecule has 1 N–H and O–H groups in total. The van der Waals surface area contributed by atoms with Crippen LogP contribution in [0.4, 0.5) is 0 Å². The van der Waals surface area contributed by atoms with Crippen LogP contribution in [0.15, 0.2) is 12.7 Å². The summed E-state index contributed by atoms with van der Waals surface area (Å²) in [6, 6.07) is 0. The van der Waals surface area contributed by atoms with Gasteiger partial charge < -0.3 is 14.6 Å². The number of aliphatic hydroxyl groups excluding tert-OH is 1. The highest BCUT2D eigenvalue weighted by Gasteiger charge is 2.23. The Hall–Kier alpha value is -0.380. The van der Waals surface area contributed by atoms with Gasteiger partial charge in [0.2, 0.25) is 0 Å². The molecule has 1 aliphatic rings. The second-order valence-corrected chi connectivity index (χ2v) is 2.57. The van der Waals surface area contributed by atoms with Crippen LogP contribution in [-0.4, -0.2) is 30.7 Å². The van der Waals surface area contributed by atoms with Gasteiger partial charge in [-0.05, 0) is 12.8 Å². The van der Waals surface area contributed by atoms with Crippen molar-refractivity contribution in [1.82, 2.24) is 0 Å². The number of hydrogen-bond acceptors (Lipinski definition) is 3. The van der Waals surface area contributed by atoms with Crippen LogP contribution >= 0.6 is 0 Å². The van der Waals surface area contributed by atoms with E-state index in [-0.39, 0.29) is 0 Å². The number of hydrogen-bond donors (Lipinski definition) is 1. The lowest BCUT2D eigenvalue weighted by atomic mass is 10.1. The average Bonchev–Trinajstić information content (AvgIpc) is 2.03. The minimum absolute atomic E-state index is 0.432. The average molecular weight is 158 g/mol. The van der Waals surface area contributed by atoms with Gasteiger partial charge in [0, 0.05) is 6.61 Å². The molecule has 0 spiro atoms. The van der Waals surface area contributed by atoms with Gasteiger partial charge in [-0.2, -0.15) is 0 Å². The molecule has 0 aromatic rings. The zero-order valence-electron chi connectivity index (χ0n) is 6.53. The summed E-state index contributed by atoms with van der Waals surface area (Å²) >= 11 is 0. The Labute approximate surface area is 66.6 Å². The first-order valence-corrected chi connectivity index (χ1v) is 3.87. The molecule has 0 aromatic carbocycles. The molecule has 1 rings (SSSR count). The predicted molar refractivity (Wildman–Crippen MR) is 41.1 cm³/mol. The van der Waals surface area contributed by atoms with E-state index in [0.717, 1.165) is 12.8 Å². The highest BCUT2D eigenvalue weighted by molar-refractivity contribution is 4.69. The zero-order valence-corrected chi connectivity index (χ0v) is 6.53. The molecular formula is C8H14O3. The molecule has 0 unspecified atom stereocenters. The highest BCUT2D eigenvalue weighted by atomic mass is 16.7. The molecule has 1 heterocycles. The second kappa shape index (κ2) is 4.49. The number of rotatable bonds is 3. The summed E-state index contributed by atoms with van der Waals surface area (Å²) in [6.45, 7) is 4.62. The SMILES string of the molecule is C=CCO[C@H]1OCCC[C@@H]1O. The zero-order chi connectivity index (χ0) is 8.10. The van der Waals surface area contributed by atoms with Gasteiger partial charge in [-0.15, -0.1) is 6.58 Å². The fourth-order valence-electron chi connectivity index (χ4n) is 1.06. The van der Waals surface area contributed by atoms with Crippen LogP contribution in [0.1, 0.15) is 12.8 Å². The van der Waals surface area contributed by atoms with Crippen molar-refractivity contribution in [2.24, 2.45) is 0 Å². The van der Waals surface area contributed by atoms with E-state index in [1.165, 1.54) is 0 Å². The lowest BCUT2D eigenvalue weighted by Crippen LogP contribution is -2.36. The Kier molecular flexibility index (Phi) is 3.56. The molecule has 3 nitrogen and oxygen atoms in total. The quantitative estimate of drug-likeness (QED) is 0.614. The lowest BCUT2D eigenvalue weighted by molar-refractivity contribution is -0.209. The van der Waals surface area contributed by atoms with Crippen molar-refractivity contribution in [3.63, 3.8) is 0 Å². The Morgan fingerprint density at radius 1 is 1.73 bits per heavy atom. The van der Waals surface area contributed by atoms with Crippen LogP contribution < -0.4 is 0 Å². The van der Waals surface area contributed by atoms with Crippen LogP contribution in [0, 0.1) is 0 Å². The first-order chi connectivity index (χ1) is 5.34. The van der Waals surface area contributed by atoms with Gasteiger partial charge in [0.25, 0.3) is 0 Å². The molecule has 64 valence electrons. The van der Waals surface area contributed by atoms with Crippen molar-refractivity contribution >= 4 is 0 Å². The normalized spacial score (nSPS) is 31.7. The van der Waals surface area contributed by atoms with Crippen molar-refractivity contribution in [1.29, 1.82) is 0 Å². The Morgan fingerprint density at radius 2 is 2.55 bits per heavy atom. The molecule has 1 fully saturated rings. The van der Waals surface area contributed by atoms with Crippen molar-refractivity contribution < 1.29 is 14.6 Å². The minimum Gasteiger partial charge on any atom is -0.388 e. The van der Waals surface area contributed by atoms with Gasteiger partial charge in [-0.3, -0.25) is 0 Å². The van der Waals surface area contributed by atoms with Crippen molar-refractivity contribution in [3.8, 4) is 0 Å². The summed E-state index contributed by atoms with van der Waals surface area (Å²) in [6.07, 6.45) is 2.41. The highest BCUT2D eigenvalue weighted by Crippen LogP contribution is 2.14. The molecule has 0 saturated carbocycles. The molecule has 0 aliphatic carbocycles. The topological polar surface area (TPSA) is 38.7 Å². The maximum Gasteiger partial charge on any atom is 0.183 e. The van der Waals surface area contributed by atoms with Crippen LogP contribution in [0.3, 0.4) is 0 Å². The van der Waals surface area contributed by atoms with Gasteiger partial charge in [-0.1, -0.05) is 6.08 Å². The van der Waals surface area contributed by atoms with Crippen LogP contribution in [0.2, 0.25) is 0 Å². The van der Waals surface area contributed by atoms with Gasteiger partial charge in [-0.25, -0.2) is 0 Å². The number of aliphatic hydroxyl groups is 1. The number of ether oxygens (including phenoxy) is 2. The van der Waals surface area contributed by atoms with E-state index in [0.29, 0.717) is 13.2 Å². The molecule has 3 heteroatoms. The van der Waals surface area contributed by atoms with E-state index < -0.39 is 12.4 Å². The van der Waals surface area contributed by atoms with Crippen molar-refractivity contribution in [2.45, 2.75) is 25.2 Å². The van der Waals surface area contributed by atoms with E-state index in [1.807, 2.05) is 0 Å². The first-order valence-electron chi connectivity index (χ1n) is 3.87. The first kappa shape index (κ1) is 8.71. The summed E-state index contributed by atoms with van der Waals surface area (Å²) in [5.74, 6) is 0. The molecule has 0 radical (unpaired) electrons. The third kappa shape index (κ3) is 2.61. The lowest BCUT2D eigenvalue weighted by Gasteiger charge is -2.27. The van der Waals surface area contributed by atoms with Crippen molar-refractivity contribution in [3.05, 3.63) is 12.7 Å². The Bertz CT molecular complexity index is 125. The van der Waals surface area contributed by atoms with E-state index in [2.05, 4.69) is 6.58 Å². The second-order valence-electron chi connectivity index (χ2n) is 2.57. The standard InChI is InChI=1S/C8H14O3/c1-2-5-10-8-7(9)4-3-6-11-8/h2,7-9H,1,3-6H2/t7-,8-/m0/s1. The maximum atomic E-state index is 9.31. The third-order valence-electron chi connectivity index (χ3n) is 1.62. The Balaban J connectivity index is 2.23. The van der Waals surface area contributed by atoms with E-state index >= 15 is 0 Å². The minimum atomic E-state index is -0.469.